The predicted molar refractivity (Wildman–Crippen MR) is 126 cm³/mol. The predicted octanol–water partition coefficient (Wildman–Crippen LogP) is 5.58. The van der Waals surface area contributed by atoms with Crippen molar-refractivity contribution in [3.8, 4) is 51.6 Å². The van der Waals surface area contributed by atoms with Crippen molar-refractivity contribution >= 4 is 12.4 Å². The first-order valence-corrected chi connectivity index (χ1v) is 10.3. The second kappa shape index (κ2) is 8.95. The lowest BCUT2D eigenvalue weighted by Gasteiger charge is -2.04. The highest BCUT2D eigenvalue weighted by atomic mass is 16.5. The Morgan fingerprint density at radius 2 is 1.26 bits per heavy atom. The van der Waals surface area contributed by atoms with Gasteiger partial charge < -0.3 is 13.6 Å². The Morgan fingerprint density at radius 3 is 1.85 bits per heavy atom. The maximum Gasteiger partial charge on any atom is 0.248 e. The number of benzene rings is 3. The molecule has 0 fully saturated rings. The maximum absolute atomic E-state index is 10.9. The van der Waals surface area contributed by atoms with Crippen molar-refractivity contribution in [1.29, 1.82) is 0 Å². The van der Waals surface area contributed by atoms with E-state index < -0.39 is 0 Å². The van der Waals surface area contributed by atoms with Crippen molar-refractivity contribution in [2.45, 2.75) is 0 Å². The third-order valence-corrected chi connectivity index (χ3v) is 5.23. The number of aromatic nitrogens is 4. The average Bonchev–Trinajstić information content (AvgIpc) is 3.59. The average molecular weight is 450 g/mol. The molecule has 0 spiro atoms. The van der Waals surface area contributed by atoms with Gasteiger partial charge in [0.05, 0.1) is 7.11 Å². The zero-order valence-electron chi connectivity index (χ0n) is 18.1. The summed E-state index contributed by atoms with van der Waals surface area (Å²) in [7, 11) is 1.61. The van der Waals surface area contributed by atoms with Crippen molar-refractivity contribution in [2.24, 2.45) is 0 Å². The van der Waals surface area contributed by atoms with Crippen molar-refractivity contribution in [2.75, 3.05) is 7.11 Å². The van der Waals surface area contributed by atoms with Crippen molar-refractivity contribution < 1.29 is 18.4 Å². The van der Waals surface area contributed by atoms with Gasteiger partial charge >= 0.3 is 0 Å². The Kier molecular flexibility index (Phi) is 5.53. The zero-order chi connectivity index (χ0) is 23.5. The molecule has 5 aromatic rings. The number of ether oxygens (including phenoxy) is 1. The van der Waals surface area contributed by atoms with Crippen molar-refractivity contribution in [3.05, 3.63) is 84.4 Å². The van der Waals surface area contributed by atoms with Gasteiger partial charge in [-0.1, -0.05) is 24.8 Å². The molecule has 3 aromatic carbocycles. The molecule has 166 valence electrons. The first-order chi connectivity index (χ1) is 16.7. The second-order valence-corrected chi connectivity index (χ2v) is 7.30. The van der Waals surface area contributed by atoms with Crippen molar-refractivity contribution in [1.82, 2.24) is 20.4 Å². The first kappa shape index (κ1) is 21.0. The molecule has 0 bridgehead atoms. The Balaban J connectivity index is 1.43. The maximum atomic E-state index is 10.9. The molecular weight excluding hydrogens is 432 g/mol. The van der Waals surface area contributed by atoms with Crippen LogP contribution >= 0.6 is 0 Å². The van der Waals surface area contributed by atoms with Gasteiger partial charge in [0, 0.05) is 27.8 Å². The summed E-state index contributed by atoms with van der Waals surface area (Å²) in [6.07, 6.45) is 2.48. The van der Waals surface area contributed by atoms with E-state index in [9.17, 15) is 4.79 Å². The van der Waals surface area contributed by atoms with E-state index in [4.69, 9.17) is 13.6 Å². The highest BCUT2D eigenvalue weighted by Crippen LogP contribution is 2.32. The standard InChI is InChI=1S/C26H18N4O4/c1-3-17-14-20(25-29-27-23(33-25)18-6-4-16(15-31)5-7-18)10-13-22(17)26-30-28-24(34-26)19-8-11-21(32-2)12-9-19/h3-15H,1H2,2H3. The largest absolute Gasteiger partial charge is 0.497 e. The van der Waals surface area contributed by atoms with E-state index in [2.05, 4.69) is 27.0 Å². The molecule has 5 rings (SSSR count). The quantitative estimate of drug-likeness (QED) is 0.296. The summed E-state index contributed by atoms with van der Waals surface area (Å²) >= 11 is 0. The molecular formula is C26H18N4O4. The topological polar surface area (TPSA) is 104 Å². The fraction of sp³-hybridized carbons (Fsp3) is 0.0385. The molecule has 34 heavy (non-hydrogen) atoms. The van der Waals surface area contributed by atoms with Crippen LogP contribution in [-0.2, 0) is 0 Å². The van der Waals surface area contributed by atoms with Gasteiger partial charge in [-0.25, -0.2) is 0 Å². The summed E-state index contributed by atoms with van der Waals surface area (Å²) in [6.45, 7) is 3.91. The van der Waals surface area contributed by atoms with E-state index >= 15 is 0 Å². The Hall–Kier alpha value is -4.85. The monoisotopic (exact) mass is 450 g/mol. The summed E-state index contributed by atoms with van der Waals surface area (Å²) in [6, 6.07) is 19.8. The highest BCUT2D eigenvalue weighted by Gasteiger charge is 2.16. The molecule has 0 aliphatic rings. The number of nitrogens with zero attached hydrogens (tertiary/aromatic N) is 4. The van der Waals surface area contributed by atoms with E-state index in [0.717, 1.165) is 39.9 Å². The van der Waals surface area contributed by atoms with Crippen molar-refractivity contribution in [3.63, 3.8) is 0 Å². The van der Waals surface area contributed by atoms with Gasteiger partial charge in [-0.3, -0.25) is 4.79 Å². The van der Waals surface area contributed by atoms with Gasteiger partial charge in [0.25, 0.3) is 0 Å². The minimum atomic E-state index is 0.355. The molecule has 0 amide bonds. The Morgan fingerprint density at radius 1 is 0.735 bits per heavy atom. The van der Waals surface area contributed by atoms with Crippen LogP contribution in [0, 0.1) is 0 Å². The summed E-state index contributed by atoms with van der Waals surface area (Å²) in [5, 5.41) is 16.7. The van der Waals surface area contributed by atoms with E-state index in [-0.39, 0.29) is 0 Å². The molecule has 8 heteroatoms. The van der Waals surface area contributed by atoms with E-state index in [1.807, 2.05) is 42.5 Å². The SMILES string of the molecule is C=Cc1cc(-c2nnc(-c3ccc(C=O)cc3)o2)ccc1-c1nnc(-c2ccc(OC)cc2)o1. The van der Waals surface area contributed by atoms with Crippen LogP contribution in [0.5, 0.6) is 5.75 Å². The lowest BCUT2D eigenvalue weighted by molar-refractivity contribution is 0.112. The molecule has 0 saturated heterocycles. The molecule has 2 aromatic heterocycles. The smallest absolute Gasteiger partial charge is 0.248 e. The number of hydrogen-bond acceptors (Lipinski definition) is 8. The van der Waals surface area contributed by atoms with Gasteiger partial charge in [0.15, 0.2) is 0 Å². The number of aldehydes is 1. The number of carbonyl (C=O) groups is 1. The molecule has 0 saturated carbocycles. The first-order valence-electron chi connectivity index (χ1n) is 10.3. The normalized spacial score (nSPS) is 10.7. The fourth-order valence-electron chi connectivity index (χ4n) is 3.40. The van der Waals surface area contributed by atoms with Crippen LogP contribution in [0.1, 0.15) is 15.9 Å². The number of rotatable bonds is 7. The minimum Gasteiger partial charge on any atom is -0.497 e. The third kappa shape index (κ3) is 4.00. The molecule has 8 nitrogen and oxygen atoms in total. The van der Waals surface area contributed by atoms with Gasteiger partial charge in [-0.05, 0) is 60.2 Å². The van der Waals surface area contributed by atoms with Crippen LogP contribution in [-0.4, -0.2) is 33.8 Å². The fourth-order valence-corrected chi connectivity index (χ4v) is 3.40. The second-order valence-electron chi connectivity index (χ2n) is 7.30. The van der Waals surface area contributed by atoms with Crippen LogP contribution in [0.25, 0.3) is 51.9 Å². The van der Waals surface area contributed by atoms with Gasteiger partial charge in [0.2, 0.25) is 23.6 Å². The molecule has 2 heterocycles. The molecule has 0 atom stereocenters. The van der Waals surface area contributed by atoms with Gasteiger partial charge in [-0.2, -0.15) is 0 Å². The van der Waals surface area contributed by atoms with Crippen LogP contribution in [0.4, 0.5) is 0 Å². The lowest BCUT2D eigenvalue weighted by atomic mass is 10.0. The van der Waals surface area contributed by atoms with Gasteiger partial charge in [0.1, 0.15) is 12.0 Å². The molecule has 0 aliphatic heterocycles. The van der Waals surface area contributed by atoms with E-state index in [1.165, 1.54) is 0 Å². The van der Waals surface area contributed by atoms with Crippen LogP contribution in [0.2, 0.25) is 0 Å². The molecule has 0 radical (unpaired) electrons. The van der Waals surface area contributed by atoms with Gasteiger partial charge in [-0.15, -0.1) is 20.4 Å². The summed E-state index contributed by atoms with van der Waals surface area (Å²) < 4.78 is 16.9. The minimum absolute atomic E-state index is 0.355. The Bertz CT molecular complexity index is 1470. The van der Waals surface area contributed by atoms with E-state index in [1.54, 1.807) is 37.5 Å². The number of carbonyl (C=O) groups excluding carboxylic acids is 1. The number of methoxy groups -OCH3 is 1. The molecule has 0 unspecified atom stereocenters. The molecule has 0 aliphatic carbocycles. The summed E-state index contributed by atoms with van der Waals surface area (Å²) in [4.78, 5) is 10.9. The zero-order valence-corrected chi connectivity index (χ0v) is 18.1. The lowest BCUT2D eigenvalue weighted by Crippen LogP contribution is -1.86. The summed E-state index contributed by atoms with van der Waals surface area (Å²) in [5.41, 5.74) is 4.31. The number of hydrogen-bond donors (Lipinski definition) is 0. The van der Waals surface area contributed by atoms with E-state index in [0.29, 0.717) is 29.1 Å². The summed E-state index contributed by atoms with van der Waals surface area (Å²) in [5.74, 6) is 2.23. The highest BCUT2D eigenvalue weighted by molar-refractivity contribution is 5.76. The molecule has 0 N–H and O–H groups in total. The third-order valence-electron chi connectivity index (χ3n) is 5.23. The Labute approximate surface area is 194 Å². The van der Waals surface area contributed by atoms with Crippen LogP contribution < -0.4 is 4.74 Å². The van der Waals surface area contributed by atoms with Crippen LogP contribution in [0.15, 0.2) is 82.1 Å². The van der Waals surface area contributed by atoms with Crippen LogP contribution in [0.3, 0.4) is 0 Å².